The highest BCUT2D eigenvalue weighted by Gasteiger charge is 2.22. The van der Waals surface area contributed by atoms with Gasteiger partial charge in [0.05, 0.1) is 6.10 Å². The van der Waals surface area contributed by atoms with Crippen molar-refractivity contribution in [3.63, 3.8) is 0 Å². The van der Waals surface area contributed by atoms with Crippen LogP contribution in [-0.2, 0) is 4.74 Å². The second-order valence-corrected chi connectivity index (χ2v) is 6.68. The quantitative estimate of drug-likeness (QED) is 0.656. The predicted molar refractivity (Wildman–Crippen MR) is 97.8 cm³/mol. The van der Waals surface area contributed by atoms with Gasteiger partial charge in [-0.15, -0.1) is 0 Å². The molecule has 1 aromatic carbocycles. The van der Waals surface area contributed by atoms with Crippen molar-refractivity contribution in [2.45, 2.75) is 50.5 Å². The van der Waals surface area contributed by atoms with Crippen molar-refractivity contribution in [1.82, 2.24) is 10.7 Å². The fraction of sp³-hybridized carbons (Fsp3) is 0.556. The van der Waals surface area contributed by atoms with Crippen LogP contribution in [0.2, 0.25) is 0 Å². The molecule has 1 aliphatic heterocycles. The van der Waals surface area contributed by atoms with Crippen LogP contribution in [0.3, 0.4) is 0 Å². The Morgan fingerprint density at radius 3 is 2.83 bits per heavy atom. The molecule has 23 heavy (non-hydrogen) atoms. The highest BCUT2D eigenvalue weighted by Crippen LogP contribution is 2.30. The number of nitrogens with zero attached hydrogens (tertiary/aromatic N) is 1. The van der Waals surface area contributed by atoms with E-state index in [1.807, 2.05) is 0 Å². The number of nitrogens with one attached hydrogen (secondary N) is 2. The second kappa shape index (κ2) is 8.41. The Morgan fingerprint density at radius 1 is 1.17 bits per heavy atom. The zero-order valence-corrected chi connectivity index (χ0v) is 14.3. The van der Waals surface area contributed by atoms with Gasteiger partial charge >= 0.3 is 0 Å². The van der Waals surface area contributed by atoms with E-state index < -0.39 is 0 Å². The van der Waals surface area contributed by atoms with Gasteiger partial charge in [0.25, 0.3) is 0 Å². The minimum Gasteiger partial charge on any atom is -0.376 e. The van der Waals surface area contributed by atoms with Crippen LogP contribution >= 0.6 is 12.2 Å². The van der Waals surface area contributed by atoms with Crippen molar-refractivity contribution in [3.05, 3.63) is 35.9 Å². The lowest BCUT2D eigenvalue weighted by Crippen LogP contribution is -2.38. The van der Waals surface area contributed by atoms with E-state index in [1.54, 1.807) is 0 Å². The minimum atomic E-state index is 0.286. The molecular weight excluding hydrogens is 306 g/mol. The number of thiocarbonyl (C=S) groups is 1. The topological polar surface area (TPSA) is 45.6 Å². The maximum Gasteiger partial charge on any atom is 0.187 e. The van der Waals surface area contributed by atoms with Gasteiger partial charge in [0.15, 0.2) is 5.11 Å². The van der Waals surface area contributed by atoms with Gasteiger partial charge in [-0.05, 0) is 49.9 Å². The van der Waals surface area contributed by atoms with Crippen molar-refractivity contribution in [2.24, 2.45) is 5.10 Å². The Labute approximate surface area is 143 Å². The van der Waals surface area contributed by atoms with Crippen LogP contribution in [0.15, 0.2) is 35.4 Å². The first-order chi connectivity index (χ1) is 11.3. The summed E-state index contributed by atoms with van der Waals surface area (Å²) in [5.74, 6) is 0.415. The van der Waals surface area contributed by atoms with Gasteiger partial charge in [-0.2, -0.15) is 5.10 Å². The molecule has 2 N–H and O–H groups in total. The first kappa shape index (κ1) is 16.4. The van der Waals surface area contributed by atoms with Gasteiger partial charge in [-0.3, -0.25) is 5.43 Å². The molecule has 0 radical (unpaired) electrons. The SMILES string of the molecule is S=C(NC[C@H]1CCCO1)NN=C1CCCC[C@H]1c1ccccc1. The lowest BCUT2D eigenvalue weighted by atomic mass is 9.82. The monoisotopic (exact) mass is 331 g/mol. The zero-order valence-electron chi connectivity index (χ0n) is 13.5. The highest BCUT2D eigenvalue weighted by molar-refractivity contribution is 7.80. The van der Waals surface area contributed by atoms with Crippen LogP contribution < -0.4 is 10.7 Å². The molecule has 1 aromatic rings. The minimum absolute atomic E-state index is 0.286. The highest BCUT2D eigenvalue weighted by atomic mass is 32.1. The molecule has 1 aliphatic carbocycles. The fourth-order valence-corrected chi connectivity index (χ4v) is 3.48. The first-order valence-electron chi connectivity index (χ1n) is 8.60. The standard InChI is InChI=1S/C18H25N3OS/c23-18(19-13-15-9-6-12-22-15)21-20-17-11-5-4-10-16(17)14-7-2-1-3-8-14/h1-3,7-8,15-16H,4-6,9-13H2,(H2,19,21,23)/t15-,16+/m1/s1. The van der Waals surface area contributed by atoms with Gasteiger partial charge in [0.2, 0.25) is 0 Å². The number of hydrogen-bond acceptors (Lipinski definition) is 3. The van der Waals surface area contributed by atoms with E-state index in [-0.39, 0.29) is 6.10 Å². The molecule has 0 bridgehead atoms. The van der Waals surface area contributed by atoms with E-state index in [0.29, 0.717) is 11.0 Å². The van der Waals surface area contributed by atoms with Crippen LogP contribution in [-0.4, -0.2) is 30.1 Å². The number of benzene rings is 1. The molecule has 124 valence electrons. The number of ether oxygens (including phenoxy) is 1. The summed E-state index contributed by atoms with van der Waals surface area (Å²) in [6, 6.07) is 10.6. The summed E-state index contributed by atoms with van der Waals surface area (Å²) in [7, 11) is 0. The third kappa shape index (κ3) is 4.75. The summed E-state index contributed by atoms with van der Waals surface area (Å²) in [5, 5.41) is 8.40. The average Bonchev–Trinajstić information content (AvgIpc) is 3.13. The van der Waals surface area contributed by atoms with Crippen molar-refractivity contribution in [3.8, 4) is 0 Å². The number of hydrogen-bond donors (Lipinski definition) is 2. The smallest absolute Gasteiger partial charge is 0.187 e. The molecule has 1 heterocycles. The van der Waals surface area contributed by atoms with Crippen LogP contribution in [0.25, 0.3) is 0 Å². The van der Waals surface area contributed by atoms with Gasteiger partial charge in [-0.25, -0.2) is 0 Å². The molecule has 3 rings (SSSR count). The summed E-state index contributed by atoms with van der Waals surface area (Å²) in [4.78, 5) is 0. The van der Waals surface area contributed by atoms with Crippen molar-refractivity contribution >= 4 is 23.0 Å². The maximum atomic E-state index is 5.59. The second-order valence-electron chi connectivity index (χ2n) is 6.27. The lowest BCUT2D eigenvalue weighted by molar-refractivity contribution is 0.114. The molecule has 4 nitrogen and oxygen atoms in total. The molecule has 2 aliphatic rings. The fourth-order valence-electron chi connectivity index (χ4n) is 3.35. The molecule has 0 aromatic heterocycles. The predicted octanol–water partition coefficient (Wildman–Crippen LogP) is 3.34. The van der Waals surface area contributed by atoms with Gasteiger partial charge < -0.3 is 10.1 Å². The van der Waals surface area contributed by atoms with Gasteiger partial charge in [0.1, 0.15) is 0 Å². The van der Waals surface area contributed by atoms with Gasteiger partial charge in [0, 0.05) is 24.8 Å². The lowest BCUT2D eigenvalue weighted by Gasteiger charge is -2.24. The third-order valence-corrected chi connectivity index (χ3v) is 4.83. The molecule has 0 unspecified atom stereocenters. The number of rotatable bonds is 4. The summed E-state index contributed by atoms with van der Waals surface area (Å²) in [6.07, 6.45) is 7.23. The van der Waals surface area contributed by atoms with Crippen LogP contribution in [0.1, 0.15) is 50.0 Å². The number of hydrazone groups is 1. The normalized spacial score (nSPS) is 26.2. The molecule has 2 fully saturated rings. The summed E-state index contributed by atoms with van der Waals surface area (Å²) >= 11 is 5.33. The molecule has 0 amide bonds. The van der Waals surface area contributed by atoms with Crippen LogP contribution in [0, 0.1) is 0 Å². The Kier molecular flexibility index (Phi) is 6.00. The average molecular weight is 331 g/mol. The van der Waals surface area contributed by atoms with E-state index in [0.717, 1.165) is 32.4 Å². The van der Waals surface area contributed by atoms with E-state index in [2.05, 4.69) is 46.2 Å². The Bertz CT molecular complexity index is 540. The molecule has 1 saturated carbocycles. The largest absolute Gasteiger partial charge is 0.376 e. The Hall–Kier alpha value is -1.46. The summed E-state index contributed by atoms with van der Waals surface area (Å²) < 4.78 is 5.59. The molecule has 2 atom stereocenters. The van der Waals surface area contributed by atoms with E-state index in [1.165, 1.54) is 30.5 Å². The Morgan fingerprint density at radius 2 is 2.04 bits per heavy atom. The van der Waals surface area contributed by atoms with E-state index in [9.17, 15) is 0 Å². The molecular formula is C18H25N3OS. The van der Waals surface area contributed by atoms with Crippen molar-refractivity contribution in [1.29, 1.82) is 0 Å². The van der Waals surface area contributed by atoms with Crippen LogP contribution in [0.5, 0.6) is 0 Å². The van der Waals surface area contributed by atoms with Gasteiger partial charge in [-0.1, -0.05) is 36.8 Å². The summed E-state index contributed by atoms with van der Waals surface area (Å²) in [5.41, 5.74) is 5.59. The van der Waals surface area contributed by atoms with E-state index >= 15 is 0 Å². The van der Waals surface area contributed by atoms with E-state index in [4.69, 9.17) is 17.0 Å². The Balaban J connectivity index is 1.54. The van der Waals surface area contributed by atoms with Crippen LogP contribution in [0.4, 0.5) is 0 Å². The maximum absolute atomic E-state index is 5.59. The molecule has 1 saturated heterocycles. The van der Waals surface area contributed by atoms with Crippen molar-refractivity contribution < 1.29 is 4.74 Å². The molecule has 0 spiro atoms. The summed E-state index contributed by atoms with van der Waals surface area (Å²) in [6.45, 7) is 1.63. The van der Waals surface area contributed by atoms with Crippen molar-refractivity contribution in [2.75, 3.05) is 13.2 Å². The first-order valence-corrected chi connectivity index (χ1v) is 9.00. The zero-order chi connectivity index (χ0) is 15.9. The third-order valence-electron chi connectivity index (χ3n) is 4.60. The molecule has 5 heteroatoms.